The van der Waals surface area contributed by atoms with E-state index in [1.54, 1.807) is 13.8 Å². The minimum Gasteiger partial charge on any atom is -0.462 e. The van der Waals surface area contributed by atoms with Crippen LogP contribution in [0.5, 0.6) is 0 Å². The minimum atomic E-state index is -0.559. The van der Waals surface area contributed by atoms with Gasteiger partial charge in [0.1, 0.15) is 5.00 Å². The second-order valence-electron chi connectivity index (χ2n) is 6.01. The van der Waals surface area contributed by atoms with Crippen LogP contribution in [0.25, 0.3) is 0 Å². The summed E-state index contributed by atoms with van der Waals surface area (Å²) in [6.07, 6.45) is 1.82. The van der Waals surface area contributed by atoms with Crippen molar-refractivity contribution in [2.75, 3.05) is 19.0 Å². The van der Waals surface area contributed by atoms with Crippen LogP contribution in [0, 0.1) is 20.8 Å². The number of rotatable bonds is 6. The summed E-state index contributed by atoms with van der Waals surface area (Å²) in [7, 11) is 1.51. The van der Waals surface area contributed by atoms with Gasteiger partial charge >= 0.3 is 5.97 Å². The van der Waals surface area contributed by atoms with Crippen molar-refractivity contribution in [3.63, 3.8) is 0 Å². The molecular formula is C19H24N3O4S+. The molecule has 0 aliphatic rings. The van der Waals surface area contributed by atoms with E-state index in [1.165, 1.54) is 7.05 Å². The number of nitrogens with one attached hydrogen (secondary N) is 2. The Labute approximate surface area is 162 Å². The molecule has 2 aromatic rings. The van der Waals surface area contributed by atoms with Crippen molar-refractivity contribution in [3.8, 4) is 0 Å². The predicted molar refractivity (Wildman–Crippen MR) is 103 cm³/mol. The highest BCUT2D eigenvalue weighted by Crippen LogP contribution is 2.33. The zero-order valence-corrected chi connectivity index (χ0v) is 17.0. The van der Waals surface area contributed by atoms with Gasteiger partial charge in [-0.1, -0.05) is 0 Å². The summed E-state index contributed by atoms with van der Waals surface area (Å²) >= 11 is 1.07. The fraction of sp³-hybridized carbons (Fsp3) is 0.368. The van der Waals surface area contributed by atoms with E-state index in [0.717, 1.165) is 22.6 Å². The summed E-state index contributed by atoms with van der Waals surface area (Å²) < 4.78 is 6.92. The number of esters is 1. The van der Waals surface area contributed by atoms with Gasteiger partial charge in [-0.2, -0.15) is 4.57 Å². The van der Waals surface area contributed by atoms with Crippen molar-refractivity contribution in [2.24, 2.45) is 0 Å². The number of ether oxygens (including phenoxy) is 1. The first-order valence-electron chi connectivity index (χ1n) is 8.58. The van der Waals surface area contributed by atoms with Crippen LogP contribution in [0.15, 0.2) is 18.3 Å². The summed E-state index contributed by atoms with van der Waals surface area (Å²) in [4.78, 5) is 37.3. The van der Waals surface area contributed by atoms with E-state index in [4.69, 9.17) is 4.74 Å². The molecule has 0 aromatic carbocycles. The molecular weight excluding hydrogens is 366 g/mol. The Kier molecular flexibility index (Phi) is 6.68. The fourth-order valence-electron chi connectivity index (χ4n) is 2.62. The number of hydrogen-bond donors (Lipinski definition) is 2. The highest BCUT2D eigenvalue weighted by Gasteiger charge is 2.27. The topological polar surface area (TPSA) is 88.4 Å². The van der Waals surface area contributed by atoms with Crippen LogP contribution in [0.1, 0.15) is 43.8 Å². The van der Waals surface area contributed by atoms with E-state index in [9.17, 15) is 14.4 Å². The van der Waals surface area contributed by atoms with E-state index in [2.05, 4.69) is 10.6 Å². The first kappa shape index (κ1) is 20.6. The Morgan fingerprint density at radius 3 is 2.56 bits per heavy atom. The van der Waals surface area contributed by atoms with Gasteiger partial charge in [0.05, 0.1) is 17.0 Å². The third-order valence-corrected chi connectivity index (χ3v) is 5.45. The highest BCUT2D eigenvalue weighted by atomic mass is 32.1. The Morgan fingerprint density at radius 2 is 1.93 bits per heavy atom. The maximum Gasteiger partial charge on any atom is 0.341 e. The summed E-state index contributed by atoms with van der Waals surface area (Å²) in [5.74, 6) is -1.16. The molecule has 2 aromatic heterocycles. The second kappa shape index (κ2) is 8.77. The number of carbonyl (C=O) groups is 3. The molecule has 0 radical (unpaired) electrons. The SMILES string of the molecule is CCOC(=O)c1c(NC(=O)C[n+]2cccc(C)c2C)sc(C(=O)NC)c1C. The molecule has 144 valence electrons. The highest BCUT2D eigenvalue weighted by molar-refractivity contribution is 7.18. The number of anilines is 1. The Balaban J connectivity index is 2.33. The average molecular weight is 390 g/mol. The third kappa shape index (κ3) is 4.51. The molecule has 0 fully saturated rings. The normalized spacial score (nSPS) is 10.4. The lowest BCUT2D eigenvalue weighted by atomic mass is 10.1. The minimum absolute atomic E-state index is 0.0992. The van der Waals surface area contributed by atoms with Crippen molar-refractivity contribution in [1.29, 1.82) is 0 Å². The van der Waals surface area contributed by atoms with Gasteiger partial charge in [0, 0.05) is 25.6 Å². The van der Waals surface area contributed by atoms with Gasteiger partial charge in [-0.3, -0.25) is 9.59 Å². The number of aryl methyl sites for hydroxylation is 1. The molecule has 27 heavy (non-hydrogen) atoms. The molecule has 0 atom stereocenters. The van der Waals surface area contributed by atoms with Crippen LogP contribution in [0.3, 0.4) is 0 Å². The second-order valence-corrected chi connectivity index (χ2v) is 7.03. The van der Waals surface area contributed by atoms with E-state index < -0.39 is 5.97 Å². The van der Waals surface area contributed by atoms with Crippen LogP contribution >= 0.6 is 11.3 Å². The smallest absolute Gasteiger partial charge is 0.341 e. The molecule has 0 bridgehead atoms. The largest absolute Gasteiger partial charge is 0.462 e. The Morgan fingerprint density at radius 1 is 1.22 bits per heavy atom. The van der Waals surface area contributed by atoms with E-state index in [1.807, 2.05) is 36.7 Å². The number of nitrogens with zero attached hydrogens (tertiary/aromatic N) is 1. The molecule has 8 heteroatoms. The van der Waals surface area contributed by atoms with Gasteiger partial charge in [0.15, 0.2) is 11.9 Å². The molecule has 0 saturated heterocycles. The third-order valence-electron chi connectivity index (χ3n) is 4.24. The lowest BCUT2D eigenvalue weighted by Crippen LogP contribution is -2.43. The summed E-state index contributed by atoms with van der Waals surface area (Å²) in [6.45, 7) is 7.58. The van der Waals surface area contributed by atoms with Crippen LogP contribution in [-0.2, 0) is 16.1 Å². The molecule has 7 nitrogen and oxygen atoms in total. The molecule has 2 amide bonds. The number of aromatic nitrogens is 1. The molecule has 2 rings (SSSR count). The average Bonchev–Trinajstić information content (AvgIpc) is 2.94. The van der Waals surface area contributed by atoms with E-state index in [0.29, 0.717) is 15.4 Å². The quantitative estimate of drug-likeness (QED) is 0.584. The molecule has 2 heterocycles. The lowest BCUT2D eigenvalue weighted by Gasteiger charge is -2.07. The van der Waals surface area contributed by atoms with E-state index in [-0.39, 0.29) is 30.5 Å². The van der Waals surface area contributed by atoms with Gasteiger partial charge in [0.2, 0.25) is 6.54 Å². The standard InChI is InChI=1S/C19H23N3O4S/c1-6-26-19(25)15-12(3)16(17(24)20-5)27-18(15)21-14(23)10-22-9-7-8-11(2)13(22)4/h7-9H,6,10H2,1-5H3,(H-,20,21,23,24,25)/p+1. The van der Waals surface area contributed by atoms with Crippen LogP contribution in [0.2, 0.25) is 0 Å². The molecule has 0 unspecified atom stereocenters. The van der Waals surface area contributed by atoms with Crippen LogP contribution in [-0.4, -0.2) is 31.4 Å². The van der Waals surface area contributed by atoms with Crippen molar-refractivity contribution < 1.29 is 23.7 Å². The predicted octanol–water partition coefficient (Wildman–Crippen LogP) is 2.14. The van der Waals surface area contributed by atoms with Crippen molar-refractivity contribution in [1.82, 2.24) is 5.32 Å². The van der Waals surface area contributed by atoms with Crippen molar-refractivity contribution in [3.05, 3.63) is 45.6 Å². The van der Waals surface area contributed by atoms with Gasteiger partial charge in [0.25, 0.3) is 11.8 Å². The lowest BCUT2D eigenvalue weighted by molar-refractivity contribution is -0.690. The molecule has 0 saturated carbocycles. The first-order valence-corrected chi connectivity index (χ1v) is 9.39. The van der Waals surface area contributed by atoms with Gasteiger partial charge in [-0.25, -0.2) is 4.79 Å². The Bertz CT molecular complexity index is 889. The molecule has 0 aliphatic carbocycles. The van der Waals surface area contributed by atoms with Gasteiger partial charge < -0.3 is 15.4 Å². The number of pyridine rings is 1. The monoisotopic (exact) mass is 390 g/mol. The Hall–Kier alpha value is -2.74. The van der Waals surface area contributed by atoms with Crippen molar-refractivity contribution in [2.45, 2.75) is 34.2 Å². The van der Waals surface area contributed by atoms with Gasteiger partial charge in [-0.05, 0) is 32.4 Å². The van der Waals surface area contributed by atoms with Crippen molar-refractivity contribution >= 4 is 34.1 Å². The molecule has 0 spiro atoms. The first-order chi connectivity index (χ1) is 12.8. The zero-order chi connectivity index (χ0) is 20.1. The van der Waals surface area contributed by atoms with E-state index >= 15 is 0 Å². The number of thiophene rings is 1. The maximum absolute atomic E-state index is 12.6. The summed E-state index contributed by atoms with van der Waals surface area (Å²) in [5.41, 5.74) is 2.77. The summed E-state index contributed by atoms with van der Waals surface area (Å²) in [5, 5.41) is 5.63. The van der Waals surface area contributed by atoms with Crippen LogP contribution < -0.4 is 15.2 Å². The number of carbonyl (C=O) groups excluding carboxylic acids is 3. The zero-order valence-electron chi connectivity index (χ0n) is 16.1. The van der Waals surface area contributed by atoms with Gasteiger partial charge in [-0.15, -0.1) is 11.3 Å². The molecule has 0 aliphatic heterocycles. The van der Waals surface area contributed by atoms with Crippen LogP contribution in [0.4, 0.5) is 5.00 Å². The fourth-order valence-corrected chi connectivity index (χ4v) is 3.78. The maximum atomic E-state index is 12.6. The number of amides is 2. The molecule has 2 N–H and O–H groups in total. The number of hydrogen-bond acceptors (Lipinski definition) is 5. The summed E-state index contributed by atoms with van der Waals surface area (Å²) in [6, 6.07) is 3.85.